The van der Waals surface area contributed by atoms with Gasteiger partial charge in [-0.2, -0.15) is 0 Å². The molecule has 0 amide bonds. The standard InChI is InChI=1S/C21H36O3/c1-4-5-6-7-8-9-10-20-11-13-21(14-12-20)24-18-16-22-15-17-23-19(2)3/h11-14,19H,4-10,15-18H2,1-3H3. The summed E-state index contributed by atoms with van der Waals surface area (Å²) in [6, 6.07) is 8.49. The van der Waals surface area contributed by atoms with Crippen molar-refractivity contribution < 1.29 is 14.2 Å². The highest BCUT2D eigenvalue weighted by Crippen LogP contribution is 2.15. The highest BCUT2D eigenvalue weighted by Gasteiger charge is 1.98. The van der Waals surface area contributed by atoms with Crippen molar-refractivity contribution in [1.29, 1.82) is 0 Å². The average Bonchev–Trinajstić information content (AvgIpc) is 2.58. The highest BCUT2D eigenvalue weighted by molar-refractivity contribution is 5.27. The zero-order valence-corrected chi connectivity index (χ0v) is 15.9. The predicted molar refractivity (Wildman–Crippen MR) is 101 cm³/mol. The van der Waals surface area contributed by atoms with E-state index in [0.29, 0.717) is 26.4 Å². The lowest BCUT2D eigenvalue weighted by Gasteiger charge is -2.09. The van der Waals surface area contributed by atoms with Gasteiger partial charge in [-0.25, -0.2) is 0 Å². The van der Waals surface area contributed by atoms with E-state index in [-0.39, 0.29) is 6.10 Å². The zero-order chi connectivity index (χ0) is 17.5. The first-order chi connectivity index (χ1) is 11.7. The molecule has 0 spiro atoms. The summed E-state index contributed by atoms with van der Waals surface area (Å²) in [5.41, 5.74) is 1.40. The number of hydrogen-bond acceptors (Lipinski definition) is 3. The van der Waals surface area contributed by atoms with Crippen LogP contribution in [0, 0.1) is 0 Å². The molecule has 0 heterocycles. The molecule has 0 aliphatic carbocycles. The molecule has 0 saturated heterocycles. The van der Waals surface area contributed by atoms with Crippen LogP contribution in [-0.2, 0) is 15.9 Å². The van der Waals surface area contributed by atoms with Crippen LogP contribution in [0.15, 0.2) is 24.3 Å². The Labute approximate surface area is 148 Å². The summed E-state index contributed by atoms with van der Waals surface area (Å²) in [5, 5.41) is 0. The lowest BCUT2D eigenvalue weighted by molar-refractivity contribution is 0.0124. The summed E-state index contributed by atoms with van der Waals surface area (Å²) in [6.45, 7) is 8.76. The van der Waals surface area contributed by atoms with Crippen LogP contribution in [0.25, 0.3) is 0 Å². The number of ether oxygens (including phenoxy) is 3. The molecule has 0 bridgehead atoms. The Hall–Kier alpha value is -1.06. The normalized spacial score (nSPS) is 11.2. The molecule has 0 aromatic heterocycles. The van der Waals surface area contributed by atoms with Gasteiger partial charge in [0.2, 0.25) is 0 Å². The number of aryl methyl sites for hydroxylation is 1. The van der Waals surface area contributed by atoms with Crippen LogP contribution >= 0.6 is 0 Å². The Morgan fingerprint density at radius 2 is 1.46 bits per heavy atom. The van der Waals surface area contributed by atoms with Gasteiger partial charge in [-0.1, -0.05) is 51.2 Å². The fourth-order valence-corrected chi connectivity index (χ4v) is 2.53. The molecule has 3 nitrogen and oxygen atoms in total. The van der Waals surface area contributed by atoms with Crippen LogP contribution in [0.3, 0.4) is 0 Å². The first-order valence-corrected chi connectivity index (χ1v) is 9.63. The summed E-state index contributed by atoms with van der Waals surface area (Å²) in [6.07, 6.45) is 9.52. The van der Waals surface area contributed by atoms with Crippen molar-refractivity contribution in [2.24, 2.45) is 0 Å². The third-order valence-corrected chi connectivity index (χ3v) is 3.92. The summed E-state index contributed by atoms with van der Waals surface area (Å²) >= 11 is 0. The van der Waals surface area contributed by atoms with Crippen molar-refractivity contribution in [2.45, 2.75) is 71.8 Å². The first kappa shape index (κ1) is 21.0. The molecule has 138 valence electrons. The second-order valence-corrected chi connectivity index (χ2v) is 6.54. The minimum absolute atomic E-state index is 0.264. The van der Waals surface area contributed by atoms with Gasteiger partial charge in [-0.05, 0) is 44.4 Å². The van der Waals surface area contributed by atoms with Gasteiger partial charge in [0.05, 0.1) is 25.9 Å². The molecular formula is C21H36O3. The van der Waals surface area contributed by atoms with Crippen LogP contribution in [0.5, 0.6) is 5.75 Å². The Morgan fingerprint density at radius 1 is 0.792 bits per heavy atom. The Morgan fingerprint density at radius 3 is 2.17 bits per heavy atom. The fourth-order valence-electron chi connectivity index (χ4n) is 2.53. The Bertz CT molecular complexity index is 387. The monoisotopic (exact) mass is 336 g/mol. The molecule has 0 aliphatic rings. The minimum Gasteiger partial charge on any atom is -0.491 e. The van der Waals surface area contributed by atoms with Gasteiger partial charge in [0.25, 0.3) is 0 Å². The van der Waals surface area contributed by atoms with Crippen LogP contribution in [-0.4, -0.2) is 32.5 Å². The van der Waals surface area contributed by atoms with E-state index in [1.54, 1.807) is 0 Å². The maximum Gasteiger partial charge on any atom is 0.119 e. The fraction of sp³-hybridized carbons (Fsp3) is 0.714. The lowest BCUT2D eigenvalue weighted by Crippen LogP contribution is -2.13. The summed E-state index contributed by atoms with van der Waals surface area (Å²) in [4.78, 5) is 0. The second-order valence-electron chi connectivity index (χ2n) is 6.54. The molecule has 1 aromatic rings. The molecule has 24 heavy (non-hydrogen) atoms. The largest absolute Gasteiger partial charge is 0.491 e. The van der Waals surface area contributed by atoms with Crippen molar-refractivity contribution in [1.82, 2.24) is 0 Å². The van der Waals surface area contributed by atoms with Crippen LogP contribution < -0.4 is 4.74 Å². The van der Waals surface area contributed by atoms with E-state index in [2.05, 4.69) is 31.2 Å². The number of rotatable bonds is 15. The van der Waals surface area contributed by atoms with Crippen molar-refractivity contribution >= 4 is 0 Å². The zero-order valence-electron chi connectivity index (χ0n) is 15.9. The summed E-state index contributed by atoms with van der Waals surface area (Å²) in [5.74, 6) is 0.920. The molecule has 0 fully saturated rings. The topological polar surface area (TPSA) is 27.7 Å². The van der Waals surface area contributed by atoms with Crippen molar-refractivity contribution in [3.05, 3.63) is 29.8 Å². The minimum atomic E-state index is 0.264. The van der Waals surface area contributed by atoms with E-state index >= 15 is 0 Å². The summed E-state index contributed by atoms with van der Waals surface area (Å²) < 4.78 is 16.6. The smallest absolute Gasteiger partial charge is 0.119 e. The molecule has 3 heteroatoms. The van der Waals surface area contributed by atoms with Crippen molar-refractivity contribution in [3.8, 4) is 5.75 Å². The second kappa shape index (κ2) is 14.3. The van der Waals surface area contributed by atoms with E-state index in [4.69, 9.17) is 14.2 Å². The molecule has 0 N–H and O–H groups in total. The lowest BCUT2D eigenvalue weighted by atomic mass is 10.0. The maximum atomic E-state index is 5.69. The SMILES string of the molecule is CCCCCCCCc1ccc(OCCOCCOC(C)C)cc1. The van der Waals surface area contributed by atoms with Crippen LogP contribution in [0.4, 0.5) is 0 Å². The van der Waals surface area contributed by atoms with E-state index < -0.39 is 0 Å². The van der Waals surface area contributed by atoms with Crippen LogP contribution in [0.2, 0.25) is 0 Å². The average molecular weight is 337 g/mol. The van der Waals surface area contributed by atoms with Gasteiger partial charge in [0, 0.05) is 0 Å². The molecule has 0 aliphatic heterocycles. The highest BCUT2D eigenvalue weighted by atomic mass is 16.5. The Balaban J connectivity index is 2.03. The molecule has 0 saturated carbocycles. The quantitative estimate of drug-likeness (QED) is 0.401. The van der Waals surface area contributed by atoms with Gasteiger partial charge in [-0.3, -0.25) is 0 Å². The third-order valence-electron chi connectivity index (χ3n) is 3.92. The molecule has 1 aromatic carbocycles. The number of unbranched alkanes of at least 4 members (excludes halogenated alkanes) is 5. The number of hydrogen-bond donors (Lipinski definition) is 0. The molecular weight excluding hydrogens is 300 g/mol. The van der Waals surface area contributed by atoms with Gasteiger partial charge in [0.15, 0.2) is 0 Å². The summed E-state index contributed by atoms with van der Waals surface area (Å²) in [7, 11) is 0. The molecule has 1 rings (SSSR count). The van der Waals surface area contributed by atoms with Gasteiger partial charge >= 0.3 is 0 Å². The van der Waals surface area contributed by atoms with Gasteiger partial charge < -0.3 is 14.2 Å². The van der Waals surface area contributed by atoms with E-state index in [9.17, 15) is 0 Å². The first-order valence-electron chi connectivity index (χ1n) is 9.63. The van der Waals surface area contributed by atoms with E-state index in [0.717, 1.165) is 5.75 Å². The van der Waals surface area contributed by atoms with Gasteiger partial charge in [-0.15, -0.1) is 0 Å². The van der Waals surface area contributed by atoms with Crippen molar-refractivity contribution in [2.75, 3.05) is 26.4 Å². The molecule has 0 radical (unpaired) electrons. The maximum absolute atomic E-state index is 5.69. The van der Waals surface area contributed by atoms with E-state index in [1.165, 1.54) is 50.5 Å². The van der Waals surface area contributed by atoms with Gasteiger partial charge in [0.1, 0.15) is 12.4 Å². The number of benzene rings is 1. The van der Waals surface area contributed by atoms with Crippen LogP contribution in [0.1, 0.15) is 64.9 Å². The van der Waals surface area contributed by atoms with Crippen molar-refractivity contribution in [3.63, 3.8) is 0 Å². The molecule has 0 atom stereocenters. The Kier molecular flexibility index (Phi) is 12.5. The van der Waals surface area contributed by atoms with E-state index in [1.807, 2.05) is 13.8 Å². The third kappa shape index (κ3) is 11.5. The molecule has 0 unspecified atom stereocenters. The predicted octanol–water partition coefficient (Wildman–Crippen LogP) is 5.41.